The molecule has 0 aromatic heterocycles. The van der Waals surface area contributed by atoms with Crippen molar-refractivity contribution in [1.29, 1.82) is 0 Å². The monoisotopic (exact) mass is 496 g/mol. The van der Waals surface area contributed by atoms with Crippen molar-refractivity contribution < 1.29 is 18.9 Å². The van der Waals surface area contributed by atoms with E-state index in [-0.39, 0.29) is 0 Å². The van der Waals surface area contributed by atoms with Crippen molar-refractivity contribution in [3.8, 4) is 0 Å². The number of hydrogen-bond acceptors (Lipinski definition) is 4. The molecule has 0 radical (unpaired) electrons. The molecule has 4 heteroatoms. The number of fused-ring (bicyclic) bond motifs is 1. The van der Waals surface area contributed by atoms with Gasteiger partial charge in [-0.3, -0.25) is 0 Å². The minimum absolute atomic E-state index is 0.312. The average Bonchev–Trinajstić information content (AvgIpc) is 3.30. The predicted octanol–water partition coefficient (Wildman–Crippen LogP) is 7.64. The van der Waals surface area contributed by atoms with Gasteiger partial charge in [-0.2, -0.15) is 0 Å². The number of ether oxygens (including phenoxy) is 4. The fourth-order valence-electron chi connectivity index (χ4n) is 7.07. The van der Waals surface area contributed by atoms with Crippen LogP contribution in [0, 0.1) is 44.8 Å². The van der Waals surface area contributed by atoms with Crippen LogP contribution in [-0.2, 0) is 18.9 Å². The molecule has 0 aromatic carbocycles. The summed E-state index contributed by atoms with van der Waals surface area (Å²) in [4.78, 5) is 0. The quantitative estimate of drug-likeness (QED) is 0.402. The van der Waals surface area contributed by atoms with Crippen LogP contribution in [-0.4, -0.2) is 53.4 Å². The Balaban J connectivity index is 0.000000186. The van der Waals surface area contributed by atoms with E-state index in [9.17, 15) is 0 Å². The van der Waals surface area contributed by atoms with Gasteiger partial charge in [-0.25, -0.2) is 0 Å². The summed E-state index contributed by atoms with van der Waals surface area (Å²) in [7, 11) is 1.79. The summed E-state index contributed by atoms with van der Waals surface area (Å²) in [5.41, 5.74) is 2.13. The highest BCUT2D eigenvalue weighted by Crippen LogP contribution is 2.59. The molecule has 208 valence electrons. The fourth-order valence-corrected chi connectivity index (χ4v) is 7.07. The van der Waals surface area contributed by atoms with E-state index in [1.807, 2.05) is 0 Å². The second kappa shape index (κ2) is 12.1. The second-order valence-corrected chi connectivity index (χ2v) is 14.8. The van der Waals surface area contributed by atoms with Gasteiger partial charge in [-0.1, -0.05) is 69.2 Å². The lowest BCUT2D eigenvalue weighted by atomic mass is 9.61. The van der Waals surface area contributed by atoms with Crippen molar-refractivity contribution in [3.05, 3.63) is 0 Å². The molecule has 4 nitrogen and oxygen atoms in total. The van der Waals surface area contributed by atoms with E-state index >= 15 is 0 Å². The van der Waals surface area contributed by atoms with Crippen LogP contribution < -0.4 is 0 Å². The summed E-state index contributed by atoms with van der Waals surface area (Å²) in [5.74, 6) is 2.79. The van der Waals surface area contributed by atoms with Crippen LogP contribution in [0.15, 0.2) is 0 Å². The molecule has 4 rings (SSSR count). The van der Waals surface area contributed by atoms with E-state index in [2.05, 4.69) is 69.2 Å². The SMILES string of the molecule is CC(C)(C)C1[C@H]2COC[C@@H]12.CCC1(C(C)(C)C)CCOCC1.COCC1(C(C)(C)C)CCOCC1. The van der Waals surface area contributed by atoms with Gasteiger partial charge in [0.1, 0.15) is 0 Å². The minimum Gasteiger partial charge on any atom is -0.384 e. The third kappa shape index (κ3) is 7.68. The van der Waals surface area contributed by atoms with Crippen LogP contribution in [0.1, 0.15) is 101 Å². The Morgan fingerprint density at radius 3 is 1.31 bits per heavy atom. The van der Waals surface area contributed by atoms with Gasteiger partial charge in [0.25, 0.3) is 0 Å². The molecule has 4 aliphatic rings. The zero-order valence-corrected chi connectivity index (χ0v) is 25.4. The van der Waals surface area contributed by atoms with Crippen molar-refractivity contribution in [1.82, 2.24) is 0 Å². The van der Waals surface area contributed by atoms with Gasteiger partial charge in [0.2, 0.25) is 0 Å². The normalized spacial score (nSPS) is 29.7. The third-order valence-corrected chi connectivity index (χ3v) is 10.1. The lowest BCUT2D eigenvalue weighted by Crippen LogP contribution is -2.44. The molecule has 35 heavy (non-hydrogen) atoms. The van der Waals surface area contributed by atoms with Gasteiger partial charge in [-0.15, -0.1) is 0 Å². The Labute approximate surface area is 218 Å². The molecule has 3 saturated heterocycles. The fraction of sp³-hybridized carbons (Fsp3) is 1.00. The van der Waals surface area contributed by atoms with Gasteiger partial charge >= 0.3 is 0 Å². The number of methoxy groups -OCH3 is 1. The Morgan fingerprint density at radius 2 is 1.06 bits per heavy atom. The Hall–Kier alpha value is -0.160. The number of rotatable bonds is 3. The van der Waals surface area contributed by atoms with Crippen LogP contribution >= 0.6 is 0 Å². The second-order valence-electron chi connectivity index (χ2n) is 14.8. The summed E-state index contributed by atoms with van der Waals surface area (Å²) in [6.45, 7) is 30.0. The molecule has 0 N–H and O–H groups in total. The van der Waals surface area contributed by atoms with E-state index in [1.165, 1.54) is 19.3 Å². The van der Waals surface area contributed by atoms with Crippen molar-refractivity contribution in [2.45, 2.75) is 101 Å². The standard InChI is InChI=1S/C11H22O2.C11H22O.C9H16O/c1-10(2,3)11(9-12-4)5-7-13-8-6-11;1-5-11(10(2,3)4)6-8-12-9-7-11;1-9(2,3)8-6-4-10-5-7(6)8/h5-9H2,1-4H3;5-9H2,1-4H3;6-8H,4-5H2,1-3H3/t;;6-,7+,8?. The van der Waals surface area contributed by atoms with Crippen LogP contribution in [0.25, 0.3) is 0 Å². The molecule has 3 atom stereocenters. The average molecular weight is 497 g/mol. The molecular weight excluding hydrogens is 436 g/mol. The topological polar surface area (TPSA) is 36.9 Å². The summed E-state index contributed by atoms with van der Waals surface area (Å²) in [6, 6.07) is 0. The van der Waals surface area contributed by atoms with Gasteiger partial charge < -0.3 is 18.9 Å². The molecule has 0 aromatic rings. The third-order valence-electron chi connectivity index (χ3n) is 10.1. The number of hydrogen-bond donors (Lipinski definition) is 0. The largest absolute Gasteiger partial charge is 0.384 e. The molecule has 0 bridgehead atoms. The molecule has 1 saturated carbocycles. The Bertz CT molecular complexity index is 594. The van der Waals surface area contributed by atoms with Crippen molar-refractivity contribution in [3.63, 3.8) is 0 Å². The van der Waals surface area contributed by atoms with Gasteiger partial charge in [0.05, 0.1) is 19.8 Å². The van der Waals surface area contributed by atoms with Gasteiger partial charge in [0, 0.05) is 39.0 Å². The molecule has 3 aliphatic heterocycles. The molecule has 1 unspecified atom stereocenters. The van der Waals surface area contributed by atoms with Gasteiger partial charge in [0.15, 0.2) is 0 Å². The lowest BCUT2D eigenvalue weighted by molar-refractivity contribution is -0.0863. The molecule has 0 spiro atoms. The highest BCUT2D eigenvalue weighted by Gasteiger charge is 2.58. The predicted molar refractivity (Wildman–Crippen MR) is 147 cm³/mol. The van der Waals surface area contributed by atoms with Crippen LogP contribution in [0.5, 0.6) is 0 Å². The molecule has 4 fully saturated rings. The zero-order valence-electron chi connectivity index (χ0n) is 25.4. The molecule has 0 amide bonds. The van der Waals surface area contributed by atoms with E-state index in [0.29, 0.717) is 27.1 Å². The maximum Gasteiger partial charge on any atom is 0.0525 e. The van der Waals surface area contributed by atoms with Crippen LogP contribution in [0.4, 0.5) is 0 Å². The summed E-state index contributed by atoms with van der Waals surface area (Å²) in [6.07, 6.45) is 6.04. The maximum atomic E-state index is 5.42. The highest BCUT2D eigenvalue weighted by atomic mass is 16.5. The maximum absolute atomic E-state index is 5.42. The minimum atomic E-state index is 0.312. The summed E-state index contributed by atoms with van der Waals surface area (Å²) >= 11 is 0. The van der Waals surface area contributed by atoms with E-state index in [1.54, 1.807) is 7.11 Å². The first-order valence-electron chi connectivity index (χ1n) is 14.4. The van der Waals surface area contributed by atoms with Gasteiger partial charge in [-0.05, 0) is 71.5 Å². The lowest BCUT2D eigenvalue weighted by Gasteiger charge is -2.47. The van der Waals surface area contributed by atoms with Crippen molar-refractivity contribution >= 4 is 0 Å². The van der Waals surface area contributed by atoms with E-state index in [0.717, 1.165) is 76.8 Å². The van der Waals surface area contributed by atoms with Crippen molar-refractivity contribution in [2.75, 3.05) is 53.4 Å². The zero-order chi connectivity index (χ0) is 26.5. The smallest absolute Gasteiger partial charge is 0.0525 e. The first-order valence-corrected chi connectivity index (χ1v) is 14.4. The molecular formula is C31H60O4. The summed E-state index contributed by atoms with van der Waals surface area (Å²) in [5, 5.41) is 0. The molecule has 3 heterocycles. The Kier molecular flexibility index (Phi) is 10.8. The first kappa shape index (κ1) is 31.1. The van der Waals surface area contributed by atoms with E-state index in [4.69, 9.17) is 18.9 Å². The first-order chi connectivity index (χ1) is 16.1. The van der Waals surface area contributed by atoms with E-state index < -0.39 is 0 Å². The van der Waals surface area contributed by atoms with Crippen LogP contribution in [0.3, 0.4) is 0 Å². The Morgan fingerprint density at radius 1 is 0.657 bits per heavy atom. The molecule has 1 aliphatic carbocycles. The van der Waals surface area contributed by atoms with Crippen molar-refractivity contribution in [2.24, 2.45) is 44.8 Å². The highest BCUT2D eigenvalue weighted by molar-refractivity contribution is 5.05. The van der Waals surface area contributed by atoms with Crippen LogP contribution in [0.2, 0.25) is 0 Å². The summed E-state index contributed by atoms with van der Waals surface area (Å²) < 4.78 is 21.5.